The molecule has 0 aliphatic heterocycles. The minimum Gasteiger partial charge on any atom is -0.490 e. The van der Waals surface area contributed by atoms with Gasteiger partial charge in [-0.2, -0.15) is 0 Å². The fourth-order valence-electron chi connectivity index (χ4n) is 1.28. The van der Waals surface area contributed by atoms with E-state index in [1.807, 2.05) is 0 Å². The zero-order chi connectivity index (χ0) is 12.0. The van der Waals surface area contributed by atoms with Crippen LogP contribution in [0.25, 0.3) is 0 Å². The predicted octanol–water partition coefficient (Wildman–Crippen LogP) is 2.29. The van der Waals surface area contributed by atoms with Crippen LogP contribution in [0.15, 0.2) is 18.2 Å². The Balaban J connectivity index is 2.54. The monoisotopic (exact) mass is 228 g/mol. The summed E-state index contributed by atoms with van der Waals surface area (Å²) >= 11 is 0. The summed E-state index contributed by atoms with van der Waals surface area (Å²) in [7, 11) is 1.61. The molecule has 90 valence electrons. The van der Waals surface area contributed by atoms with Crippen LogP contribution in [0.5, 0.6) is 5.75 Å². The van der Waals surface area contributed by atoms with Crippen LogP contribution in [0.3, 0.4) is 0 Å². The van der Waals surface area contributed by atoms with Gasteiger partial charge in [0.2, 0.25) is 0 Å². The molecule has 0 spiro atoms. The van der Waals surface area contributed by atoms with Gasteiger partial charge in [0.25, 0.3) is 0 Å². The summed E-state index contributed by atoms with van der Waals surface area (Å²) in [5.41, 5.74) is 0.543. The molecule has 3 nitrogen and oxygen atoms in total. The van der Waals surface area contributed by atoms with Gasteiger partial charge in [-0.15, -0.1) is 0 Å². The van der Waals surface area contributed by atoms with E-state index in [4.69, 9.17) is 9.47 Å². The molecule has 4 heteroatoms. The maximum Gasteiger partial charge on any atom is 0.165 e. The molecule has 0 radical (unpaired) electrons. The van der Waals surface area contributed by atoms with Crippen molar-refractivity contribution in [3.8, 4) is 5.75 Å². The second-order valence-corrected chi connectivity index (χ2v) is 3.56. The highest BCUT2D eigenvalue weighted by molar-refractivity contribution is 5.30. The van der Waals surface area contributed by atoms with Crippen LogP contribution in [0.1, 0.15) is 25.0 Å². The minimum absolute atomic E-state index is 0.209. The third kappa shape index (κ3) is 3.79. The molecule has 16 heavy (non-hydrogen) atoms. The van der Waals surface area contributed by atoms with Gasteiger partial charge in [0.15, 0.2) is 11.6 Å². The van der Waals surface area contributed by atoms with Gasteiger partial charge in [-0.05, 0) is 24.6 Å². The van der Waals surface area contributed by atoms with E-state index in [1.54, 1.807) is 20.1 Å². The zero-order valence-electron chi connectivity index (χ0n) is 9.57. The summed E-state index contributed by atoms with van der Waals surface area (Å²) in [4.78, 5) is 0. The van der Waals surface area contributed by atoms with E-state index < -0.39 is 11.9 Å². The topological polar surface area (TPSA) is 38.7 Å². The molecule has 0 heterocycles. The lowest BCUT2D eigenvalue weighted by Crippen LogP contribution is -2.03. The number of aliphatic hydroxyl groups excluding tert-OH is 1. The van der Waals surface area contributed by atoms with Gasteiger partial charge in [-0.3, -0.25) is 0 Å². The number of benzene rings is 1. The van der Waals surface area contributed by atoms with E-state index in [9.17, 15) is 9.50 Å². The summed E-state index contributed by atoms with van der Waals surface area (Å²) in [5, 5.41) is 9.26. The largest absolute Gasteiger partial charge is 0.490 e. The van der Waals surface area contributed by atoms with Crippen molar-refractivity contribution in [1.82, 2.24) is 0 Å². The van der Waals surface area contributed by atoms with Gasteiger partial charge in [0.05, 0.1) is 12.7 Å². The molecular weight excluding hydrogens is 211 g/mol. The molecule has 0 fully saturated rings. The molecule has 1 rings (SSSR count). The molecule has 0 saturated heterocycles. The van der Waals surface area contributed by atoms with Crippen LogP contribution in [0.2, 0.25) is 0 Å². The van der Waals surface area contributed by atoms with Crippen LogP contribution in [-0.2, 0) is 4.74 Å². The third-order valence-electron chi connectivity index (χ3n) is 2.19. The highest BCUT2D eigenvalue weighted by Gasteiger charge is 2.07. The first-order valence-electron chi connectivity index (χ1n) is 5.24. The molecule has 1 aromatic rings. The molecule has 1 N–H and O–H groups in total. The number of rotatable bonds is 6. The Morgan fingerprint density at radius 3 is 2.69 bits per heavy atom. The van der Waals surface area contributed by atoms with E-state index in [0.717, 1.165) is 0 Å². The number of methoxy groups -OCH3 is 1. The van der Waals surface area contributed by atoms with Gasteiger partial charge in [-0.1, -0.05) is 6.07 Å². The zero-order valence-corrected chi connectivity index (χ0v) is 9.57. The lowest BCUT2D eigenvalue weighted by Gasteiger charge is -2.09. The second-order valence-electron chi connectivity index (χ2n) is 3.56. The molecule has 0 aliphatic carbocycles. The van der Waals surface area contributed by atoms with Crippen LogP contribution < -0.4 is 4.74 Å². The minimum atomic E-state index is -0.669. The standard InChI is InChI=1S/C12H17FO3/c1-9(14)10-4-5-12(11(13)8-10)16-7-3-6-15-2/h4-5,8-9,14H,3,6-7H2,1-2H3/t9-/m1/s1. The van der Waals surface area contributed by atoms with Crippen molar-refractivity contribution in [3.63, 3.8) is 0 Å². The SMILES string of the molecule is COCCCOc1ccc([C@@H](C)O)cc1F. The van der Waals surface area contributed by atoms with Gasteiger partial charge in [0, 0.05) is 20.1 Å². The van der Waals surface area contributed by atoms with Crippen molar-refractivity contribution in [1.29, 1.82) is 0 Å². The van der Waals surface area contributed by atoms with E-state index in [-0.39, 0.29) is 5.75 Å². The maximum atomic E-state index is 13.5. The van der Waals surface area contributed by atoms with Gasteiger partial charge in [0.1, 0.15) is 0 Å². The fourth-order valence-corrected chi connectivity index (χ4v) is 1.28. The Morgan fingerprint density at radius 2 is 2.12 bits per heavy atom. The Labute approximate surface area is 94.8 Å². The molecule has 0 bridgehead atoms. The predicted molar refractivity (Wildman–Crippen MR) is 59.0 cm³/mol. The lowest BCUT2D eigenvalue weighted by atomic mass is 10.1. The number of ether oxygens (including phenoxy) is 2. The van der Waals surface area contributed by atoms with Crippen LogP contribution in [0.4, 0.5) is 4.39 Å². The summed E-state index contributed by atoms with van der Waals surface area (Å²) in [6.45, 7) is 2.60. The molecule has 0 saturated carbocycles. The lowest BCUT2D eigenvalue weighted by molar-refractivity contribution is 0.170. The summed E-state index contributed by atoms with van der Waals surface area (Å²) in [6, 6.07) is 4.47. The highest BCUT2D eigenvalue weighted by Crippen LogP contribution is 2.21. The van der Waals surface area contributed by atoms with E-state index >= 15 is 0 Å². The van der Waals surface area contributed by atoms with Gasteiger partial charge in [-0.25, -0.2) is 4.39 Å². The highest BCUT2D eigenvalue weighted by atomic mass is 19.1. The normalized spacial score (nSPS) is 12.5. The van der Waals surface area contributed by atoms with Crippen molar-refractivity contribution in [2.45, 2.75) is 19.4 Å². The Bertz CT molecular complexity index is 326. The Kier molecular flexibility index (Phi) is 5.22. The first kappa shape index (κ1) is 12.9. The number of aliphatic hydroxyl groups is 1. The molecular formula is C12H17FO3. The van der Waals surface area contributed by atoms with Crippen molar-refractivity contribution >= 4 is 0 Å². The first-order chi connectivity index (χ1) is 7.65. The number of halogens is 1. The maximum absolute atomic E-state index is 13.5. The molecule has 0 aromatic heterocycles. The molecule has 1 atom stereocenters. The molecule has 1 aromatic carbocycles. The quantitative estimate of drug-likeness (QED) is 0.759. The number of hydrogen-bond acceptors (Lipinski definition) is 3. The van der Waals surface area contributed by atoms with Crippen LogP contribution in [0, 0.1) is 5.82 Å². The third-order valence-corrected chi connectivity index (χ3v) is 2.19. The summed E-state index contributed by atoms with van der Waals surface area (Å²) in [6.07, 6.45) is 0.0470. The number of hydrogen-bond donors (Lipinski definition) is 1. The van der Waals surface area contributed by atoms with Gasteiger partial charge >= 0.3 is 0 Å². The van der Waals surface area contributed by atoms with Gasteiger partial charge < -0.3 is 14.6 Å². The van der Waals surface area contributed by atoms with E-state index in [2.05, 4.69) is 0 Å². The van der Waals surface area contributed by atoms with Crippen molar-refractivity contribution in [3.05, 3.63) is 29.6 Å². The molecule has 0 unspecified atom stereocenters. The van der Waals surface area contributed by atoms with E-state index in [0.29, 0.717) is 25.2 Å². The first-order valence-corrected chi connectivity index (χ1v) is 5.24. The fraction of sp³-hybridized carbons (Fsp3) is 0.500. The van der Waals surface area contributed by atoms with Crippen molar-refractivity contribution in [2.24, 2.45) is 0 Å². The average molecular weight is 228 g/mol. The average Bonchev–Trinajstić information content (AvgIpc) is 2.26. The van der Waals surface area contributed by atoms with Crippen molar-refractivity contribution in [2.75, 3.05) is 20.3 Å². The summed E-state index contributed by atoms with van der Waals surface area (Å²) in [5.74, 6) is -0.240. The van der Waals surface area contributed by atoms with Crippen molar-refractivity contribution < 1.29 is 19.0 Å². The smallest absolute Gasteiger partial charge is 0.165 e. The molecule has 0 amide bonds. The van der Waals surface area contributed by atoms with Crippen LogP contribution in [-0.4, -0.2) is 25.4 Å². The summed E-state index contributed by atoms with van der Waals surface area (Å²) < 4.78 is 23.5. The molecule has 0 aliphatic rings. The second kappa shape index (κ2) is 6.45. The van der Waals surface area contributed by atoms with Crippen LogP contribution >= 0.6 is 0 Å². The van der Waals surface area contributed by atoms with E-state index in [1.165, 1.54) is 12.1 Å². The Morgan fingerprint density at radius 1 is 1.38 bits per heavy atom. The Hall–Kier alpha value is -1.13.